The normalized spacial score (nSPS) is 8.91. The van der Waals surface area contributed by atoms with E-state index >= 15 is 0 Å². The molecule has 0 unspecified atom stereocenters. The maximum atomic E-state index is 5.33. The van der Waals surface area contributed by atoms with Crippen molar-refractivity contribution < 1.29 is 50.5 Å². The molecular weight excluding hydrogens is 220 g/mol. The molecule has 0 aromatic rings. The molecule has 0 bridgehead atoms. The number of hydrogen-bond acceptors (Lipinski definition) is 0. The van der Waals surface area contributed by atoms with Crippen LogP contribution in [0.4, 0.5) is 0 Å². The molecule has 0 aliphatic carbocycles. The summed E-state index contributed by atoms with van der Waals surface area (Å²) in [6.45, 7) is 2.22. The molecule has 0 spiro atoms. The monoisotopic (exact) mass is 234 g/mol. The molecule has 0 nitrogen and oxygen atoms in total. The standard InChI is InChI=1S/C8H15Cl.Na.Zn.H/c1-2-3-4-5-6-7-8-9;;;/h7-8H,2-6H2,1H3;;;/q;+1;;-1/b8-7+;;;. The number of rotatable bonds is 5. The van der Waals surface area contributed by atoms with Crippen LogP contribution in [0.1, 0.15) is 40.5 Å². The fourth-order valence-electron chi connectivity index (χ4n) is 0.752. The van der Waals surface area contributed by atoms with Gasteiger partial charge in [0.25, 0.3) is 0 Å². The van der Waals surface area contributed by atoms with Gasteiger partial charge in [0.05, 0.1) is 0 Å². The number of unbranched alkanes of at least 4 members (excludes halogenated alkanes) is 4. The molecule has 11 heavy (non-hydrogen) atoms. The molecule has 0 fully saturated rings. The quantitative estimate of drug-likeness (QED) is 0.489. The van der Waals surface area contributed by atoms with E-state index in [1.165, 1.54) is 25.7 Å². The second kappa shape index (κ2) is 17.7. The van der Waals surface area contributed by atoms with E-state index in [1.54, 1.807) is 5.54 Å². The van der Waals surface area contributed by atoms with E-state index in [1.807, 2.05) is 6.08 Å². The Labute approximate surface area is 112 Å². The first-order valence-electron chi connectivity index (χ1n) is 3.67. The van der Waals surface area contributed by atoms with Gasteiger partial charge >= 0.3 is 29.6 Å². The van der Waals surface area contributed by atoms with Crippen molar-refractivity contribution in [3.05, 3.63) is 11.6 Å². The third-order valence-electron chi connectivity index (χ3n) is 1.31. The summed E-state index contributed by atoms with van der Waals surface area (Å²) in [4.78, 5) is 0. The van der Waals surface area contributed by atoms with Crippen molar-refractivity contribution in [3.8, 4) is 0 Å². The van der Waals surface area contributed by atoms with Gasteiger partial charge in [0, 0.05) is 25.0 Å². The predicted molar refractivity (Wildman–Crippen MR) is 44.9 cm³/mol. The van der Waals surface area contributed by atoms with Crippen LogP contribution >= 0.6 is 11.6 Å². The van der Waals surface area contributed by atoms with E-state index in [2.05, 4.69) is 6.92 Å². The zero-order valence-corrected chi connectivity index (χ0v) is 13.5. The Morgan fingerprint density at radius 2 is 1.91 bits per heavy atom. The summed E-state index contributed by atoms with van der Waals surface area (Å²) < 4.78 is 0. The van der Waals surface area contributed by atoms with E-state index in [4.69, 9.17) is 11.6 Å². The Morgan fingerprint density at radius 3 is 2.36 bits per heavy atom. The van der Waals surface area contributed by atoms with Crippen LogP contribution in [-0.4, -0.2) is 0 Å². The molecule has 0 saturated carbocycles. The van der Waals surface area contributed by atoms with Crippen LogP contribution in [-0.2, 0) is 19.5 Å². The fourth-order valence-corrected chi connectivity index (χ4v) is 0.878. The van der Waals surface area contributed by atoms with Crippen molar-refractivity contribution in [2.75, 3.05) is 0 Å². The molecule has 0 aliphatic heterocycles. The summed E-state index contributed by atoms with van der Waals surface area (Å²) in [5.74, 6) is 0. The molecule has 0 aromatic carbocycles. The zero-order chi connectivity index (χ0) is 6.95. The van der Waals surface area contributed by atoms with Gasteiger partial charge in [-0.1, -0.05) is 43.9 Å². The van der Waals surface area contributed by atoms with Crippen molar-refractivity contribution in [1.82, 2.24) is 0 Å². The summed E-state index contributed by atoms with van der Waals surface area (Å²) in [6.07, 6.45) is 8.45. The van der Waals surface area contributed by atoms with Crippen LogP contribution < -0.4 is 29.6 Å². The summed E-state index contributed by atoms with van der Waals surface area (Å²) >= 11 is 5.33. The molecule has 0 rings (SSSR count). The minimum atomic E-state index is 0. The molecule has 0 aliphatic rings. The van der Waals surface area contributed by atoms with E-state index in [0.29, 0.717) is 0 Å². The maximum absolute atomic E-state index is 5.33. The van der Waals surface area contributed by atoms with Crippen molar-refractivity contribution in [2.45, 2.75) is 39.0 Å². The Bertz CT molecular complexity index is 81.5. The van der Waals surface area contributed by atoms with Gasteiger partial charge < -0.3 is 1.43 Å². The van der Waals surface area contributed by atoms with Gasteiger partial charge in [-0.3, -0.25) is 0 Å². The van der Waals surface area contributed by atoms with Crippen LogP contribution in [0.25, 0.3) is 0 Å². The minimum absolute atomic E-state index is 0. The predicted octanol–water partition coefficient (Wildman–Crippen LogP) is 0.823. The Kier molecular flexibility index (Phi) is 29.6. The van der Waals surface area contributed by atoms with Crippen LogP contribution in [0.2, 0.25) is 0 Å². The van der Waals surface area contributed by atoms with Crippen LogP contribution in [0.15, 0.2) is 11.6 Å². The van der Waals surface area contributed by atoms with Gasteiger partial charge in [0.2, 0.25) is 0 Å². The first kappa shape index (κ1) is 18.4. The maximum Gasteiger partial charge on any atom is 1.00 e. The van der Waals surface area contributed by atoms with Gasteiger partial charge in [-0.05, 0) is 12.8 Å². The number of allylic oxidation sites excluding steroid dienone is 1. The van der Waals surface area contributed by atoms with Crippen LogP contribution in [0.3, 0.4) is 0 Å². The zero-order valence-electron chi connectivity index (χ0n) is 8.78. The van der Waals surface area contributed by atoms with Gasteiger partial charge in [0.1, 0.15) is 0 Å². The molecular formula is C8H16ClNaZn. The summed E-state index contributed by atoms with van der Waals surface area (Å²) in [6, 6.07) is 0. The Morgan fingerprint density at radius 1 is 1.27 bits per heavy atom. The minimum Gasteiger partial charge on any atom is -1.00 e. The summed E-state index contributed by atoms with van der Waals surface area (Å²) in [5.41, 5.74) is 1.60. The largest absolute Gasteiger partial charge is 1.00 e. The van der Waals surface area contributed by atoms with Crippen molar-refractivity contribution in [1.29, 1.82) is 0 Å². The van der Waals surface area contributed by atoms with Crippen molar-refractivity contribution in [3.63, 3.8) is 0 Å². The first-order chi connectivity index (χ1) is 4.41. The Balaban J connectivity index is -0.000000107. The molecule has 3 heteroatoms. The molecule has 0 N–H and O–H groups in total. The van der Waals surface area contributed by atoms with Crippen LogP contribution in [0.5, 0.6) is 0 Å². The fraction of sp³-hybridized carbons (Fsp3) is 0.750. The van der Waals surface area contributed by atoms with E-state index < -0.39 is 0 Å². The first-order valence-corrected chi connectivity index (χ1v) is 4.10. The number of halogens is 1. The molecule has 0 heterocycles. The summed E-state index contributed by atoms with van der Waals surface area (Å²) in [7, 11) is 0. The molecule has 0 saturated heterocycles. The van der Waals surface area contributed by atoms with Gasteiger partial charge in [-0.15, -0.1) is 0 Å². The average Bonchev–Trinajstić information content (AvgIpc) is 1.89. The molecule has 0 aromatic heterocycles. The molecule has 0 amide bonds. The van der Waals surface area contributed by atoms with Crippen molar-refractivity contribution in [2.24, 2.45) is 0 Å². The van der Waals surface area contributed by atoms with Crippen LogP contribution in [0, 0.1) is 0 Å². The Hall–Kier alpha value is 1.65. The van der Waals surface area contributed by atoms with E-state index in [9.17, 15) is 0 Å². The van der Waals surface area contributed by atoms with E-state index in [-0.39, 0.29) is 50.5 Å². The topological polar surface area (TPSA) is 0 Å². The van der Waals surface area contributed by atoms with Gasteiger partial charge in [-0.2, -0.15) is 0 Å². The second-order valence-electron chi connectivity index (χ2n) is 2.21. The smallest absolute Gasteiger partial charge is 1.00 e. The second-order valence-corrected chi connectivity index (χ2v) is 2.46. The van der Waals surface area contributed by atoms with Crippen molar-refractivity contribution >= 4 is 11.6 Å². The molecule has 0 atom stereocenters. The number of hydrogen-bond donors (Lipinski definition) is 0. The third kappa shape index (κ3) is 18.5. The average molecular weight is 236 g/mol. The molecule has 58 valence electrons. The third-order valence-corrected chi connectivity index (χ3v) is 1.49. The SMILES string of the molecule is CCCCCC/C=C/Cl.[H-].[Na+].[Zn]. The van der Waals surface area contributed by atoms with E-state index in [0.717, 1.165) is 6.42 Å². The van der Waals surface area contributed by atoms with Gasteiger partial charge in [0.15, 0.2) is 0 Å². The summed E-state index contributed by atoms with van der Waals surface area (Å²) in [5, 5.41) is 0. The molecule has 0 radical (unpaired) electrons. The van der Waals surface area contributed by atoms with Gasteiger partial charge in [-0.25, -0.2) is 0 Å².